The van der Waals surface area contributed by atoms with Gasteiger partial charge in [-0.1, -0.05) is 0 Å². The lowest BCUT2D eigenvalue weighted by atomic mass is 9.95. The Bertz CT molecular complexity index is 567. The summed E-state index contributed by atoms with van der Waals surface area (Å²) in [6, 6.07) is 6.53. The van der Waals surface area contributed by atoms with Gasteiger partial charge in [0.25, 0.3) is 5.69 Å². The maximum absolute atomic E-state index is 11.0. The van der Waals surface area contributed by atoms with Crippen molar-refractivity contribution in [3.05, 3.63) is 33.9 Å². The quantitative estimate of drug-likeness (QED) is 0.664. The summed E-state index contributed by atoms with van der Waals surface area (Å²) in [7, 11) is 0. The van der Waals surface area contributed by atoms with Crippen molar-refractivity contribution in [2.45, 2.75) is 37.5 Å². The lowest BCUT2D eigenvalue weighted by molar-refractivity contribution is -0.384. The van der Waals surface area contributed by atoms with Gasteiger partial charge in [-0.05, 0) is 31.4 Å². The number of benzene rings is 1. The Hall–Kier alpha value is -2.13. The van der Waals surface area contributed by atoms with Gasteiger partial charge in [-0.3, -0.25) is 10.1 Å². The SMILES string of the molecule is N#Cc1ccc(NC2CC3CCC2O3)c([N+](=O)[O-])c1. The van der Waals surface area contributed by atoms with E-state index in [0.717, 1.165) is 19.3 Å². The Morgan fingerprint density at radius 1 is 1.47 bits per heavy atom. The summed E-state index contributed by atoms with van der Waals surface area (Å²) < 4.78 is 5.72. The zero-order chi connectivity index (χ0) is 13.4. The predicted molar refractivity (Wildman–Crippen MR) is 67.7 cm³/mol. The Morgan fingerprint density at radius 2 is 2.32 bits per heavy atom. The second-order valence-corrected chi connectivity index (χ2v) is 4.96. The standard InChI is InChI=1S/C13H13N3O3/c14-7-8-1-3-10(12(5-8)16(17)18)15-11-6-9-2-4-13(11)19-9/h1,3,5,9,11,13,15H,2,4,6H2. The number of anilines is 1. The van der Waals surface area contributed by atoms with Crippen LogP contribution in [0.5, 0.6) is 0 Å². The molecule has 2 fully saturated rings. The first-order valence-electron chi connectivity index (χ1n) is 6.28. The zero-order valence-electron chi connectivity index (χ0n) is 10.2. The third-order valence-corrected chi connectivity index (χ3v) is 3.77. The van der Waals surface area contributed by atoms with E-state index in [-0.39, 0.29) is 17.8 Å². The van der Waals surface area contributed by atoms with Crippen LogP contribution in [0.25, 0.3) is 0 Å². The third kappa shape index (κ3) is 2.13. The number of nitro benzene ring substituents is 1. The van der Waals surface area contributed by atoms with Crippen LogP contribution >= 0.6 is 0 Å². The number of nitrogens with one attached hydrogen (secondary N) is 1. The number of ether oxygens (including phenoxy) is 1. The highest BCUT2D eigenvalue weighted by atomic mass is 16.6. The fourth-order valence-corrected chi connectivity index (χ4v) is 2.86. The molecule has 2 heterocycles. The van der Waals surface area contributed by atoms with Crippen LogP contribution in [0.15, 0.2) is 18.2 Å². The fraction of sp³-hybridized carbons (Fsp3) is 0.462. The van der Waals surface area contributed by atoms with Crippen molar-refractivity contribution in [3.8, 4) is 6.07 Å². The van der Waals surface area contributed by atoms with Crippen LogP contribution in [0.4, 0.5) is 11.4 Å². The molecule has 0 amide bonds. The molecule has 3 unspecified atom stereocenters. The highest BCUT2D eigenvalue weighted by Crippen LogP contribution is 2.37. The summed E-state index contributed by atoms with van der Waals surface area (Å²) in [5, 5.41) is 23.0. The van der Waals surface area contributed by atoms with E-state index in [4.69, 9.17) is 10.00 Å². The van der Waals surface area contributed by atoms with Gasteiger partial charge in [0, 0.05) is 6.07 Å². The number of nitriles is 1. The van der Waals surface area contributed by atoms with Crippen molar-refractivity contribution in [1.82, 2.24) is 0 Å². The van der Waals surface area contributed by atoms with Gasteiger partial charge in [-0.2, -0.15) is 5.26 Å². The largest absolute Gasteiger partial charge is 0.374 e. The van der Waals surface area contributed by atoms with Crippen LogP contribution < -0.4 is 5.32 Å². The molecule has 6 heteroatoms. The molecule has 0 aromatic heterocycles. The van der Waals surface area contributed by atoms with E-state index in [0.29, 0.717) is 17.4 Å². The summed E-state index contributed by atoms with van der Waals surface area (Å²) in [6.45, 7) is 0. The Labute approximate surface area is 110 Å². The van der Waals surface area contributed by atoms with Crippen LogP contribution in [-0.2, 0) is 4.74 Å². The first kappa shape index (κ1) is 11.9. The molecule has 2 aliphatic rings. The smallest absolute Gasteiger partial charge is 0.293 e. The van der Waals surface area contributed by atoms with Gasteiger partial charge in [0.05, 0.1) is 34.8 Å². The van der Waals surface area contributed by atoms with E-state index in [1.165, 1.54) is 6.07 Å². The van der Waals surface area contributed by atoms with E-state index >= 15 is 0 Å². The number of hydrogen-bond acceptors (Lipinski definition) is 5. The van der Waals surface area contributed by atoms with Crippen LogP contribution in [0, 0.1) is 21.4 Å². The van der Waals surface area contributed by atoms with Crippen molar-refractivity contribution >= 4 is 11.4 Å². The summed E-state index contributed by atoms with van der Waals surface area (Å²) >= 11 is 0. The van der Waals surface area contributed by atoms with E-state index < -0.39 is 4.92 Å². The first-order valence-corrected chi connectivity index (χ1v) is 6.28. The van der Waals surface area contributed by atoms with Crippen molar-refractivity contribution in [2.24, 2.45) is 0 Å². The van der Waals surface area contributed by atoms with Gasteiger partial charge in [-0.15, -0.1) is 0 Å². The second kappa shape index (κ2) is 4.52. The molecule has 0 saturated carbocycles. The van der Waals surface area contributed by atoms with Gasteiger partial charge >= 0.3 is 0 Å². The summed E-state index contributed by atoms with van der Waals surface area (Å²) in [6.07, 6.45) is 3.42. The third-order valence-electron chi connectivity index (χ3n) is 3.77. The van der Waals surface area contributed by atoms with E-state index in [1.54, 1.807) is 12.1 Å². The van der Waals surface area contributed by atoms with Gasteiger partial charge < -0.3 is 10.1 Å². The van der Waals surface area contributed by atoms with Crippen molar-refractivity contribution < 1.29 is 9.66 Å². The van der Waals surface area contributed by atoms with Gasteiger partial charge in [0.2, 0.25) is 0 Å². The molecule has 19 heavy (non-hydrogen) atoms. The van der Waals surface area contributed by atoms with E-state index in [1.807, 2.05) is 6.07 Å². The number of rotatable bonds is 3. The van der Waals surface area contributed by atoms with Crippen molar-refractivity contribution in [2.75, 3.05) is 5.32 Å². The molecule has 1 aromatic rings. The van der Waals surface area contributed by atoms with Crippen LogP contribution in [0.3, 0.4) is 0 Å². The minimum Gasteiger partial charge on any atom is -0.374 e. The molecular formula is C13H13N3O3. The van der Waals surface area contributed by atoms with Gasteiger partial charge in [-0.25, -0.2) is 0 Å². The number of hydrogen-bond donors (Lipinski definition) is 1. The molecule has 0 spiro atoms. The first-order chi connectivity index (χ1) is 9.17. The van der Waals surface area contributed by atoms with Crippen LogP contribution in [0.1, 0.15) is 24.8 Å². The maximum atomic E-state index is 11.0. The predicted octanol–water partition coefficient (Wildman–Crippen LogP) is 2.20. The summed E-state index contributed by atoms with van der Waals surface area (Å²) in [4.78, 5) is 10.6. The number of fused-ring (bicyclic) bond motifs is 2. The highest BCUT2D eigenvalue weighted by molar-refractivity contribution is 5.64. The Morgan fingerprint density at radius 3 is 2.89 bits per heavy atom. The minimum absolute atomic E-state index is 0.0539. The molecular weight excluding hydrogens is 246 g/mol. The molecule has 3 rings (SSSR count). The lowest BCUT2D eigenvalue weighted by Crippen LogP contribution is -2.30. The molecule has 0 radical (unpaired) electrons. The molecule has 2 aliphatic heterocycles. The second-order valence-electron chi connectivity index (χ2n) is 4.96. The summed E-state index contributed by atoms with van der Waals surface area (Å²) in [5.74, 6) is 0. The molecule has 2 saturated heterocycles. The maximum Gasteiger partial charge on any atom is 0.293 e. The molecule has 98 valence electrons. The zero-order valence-corrected chi connectivity index (χ0v) is 10.2. The van der Waals surface area contributed by atoms with Crippen molar-refractivity contribution in [3.63, 3.8) is 0 Å². The average Bonchev–Trinajstić information content (AvgIpc) is 3.01. The topological polar surface area (TPSA) is 88.2 Å². The van der Waals surface area contributed by atoms with Crippen molar-refractivity contribution in [1.29, 1.82) is 5.26 Å². The van der Waals surface area contributed by atoms with Crippen LogP contribution in [0.2, 0.25) is 0 Å². The minimum atomic E-state index is -0.461. The Balaban J connectivity index is 1.84. The lowest BCUT2D eigenvalue weighted by Gasteiger charge is -2.21. The normalized spacial score (nSPS) is 28.1. The molecule has 1 N–H and O–H groups in total. The molecule has 3 atom stereocenters. The van der Waals surface area contributed by atoms with Gasteiger partial charge in [0.15, 0.2) is 0 Å². The average molecular weight is 259 g/mol. The van der Waals surface area contributed by atoms with Crippen LogP contribution in [-0.4, -0.2) is 23.2 Å². The monoisotopic (exact) mass is 259 g/mol. The highest BCUT2D eigenvalue weighted by Gasteiger charge is 2.41. The molecule has 0 aliphatic carbocycles. The molecule has 2 bridgehead atoms. The number of nitro groups is 1. The fourth-order valence-electron chi connectivity index (χ4n) is 2.86. The van der Waals surface area contributed by atoms with E-state index in [9.17, 15) is 10.1 Å². The van der Waals surface area contributed by atoms with Gasteiger partial charge in [0.1, 0.15) is 5.69 Å². The number of nitrogens with zero attached hydrogens (tertiary/aromatic N) is 2. The molecule has 6 nitrogen and oxygen atoms in total. The Kier molecular flexibility index (Phi) is 2.84. The van der Waals surface area contributed by atoms with E-state index in [2.05, 4.69) is 5.32 Å². The summed E-state index contributed by atoms with van der Waals surface area (Å²) in [5.41, 5.74) is 0.702. The molecule has 1 aromatic carbocycles.